The van der Waals surface area contributed by atoms with E-state index in [0.717, 1.165) is 38.3 Å². The first kappa shape index (κ1) is 18.5. The van der Waals surface area contributed by atoms with Gasteiger partial charge in [-0.1, -0.05) is 19.1 Å². The zero-order valence-corrected chi connectivity index (χ0v) is 13.2. The molecule has 1 aliphatic rings. The van der Waals surface area contributed by atoms with Gasteiger partial charge >= 0.3 is 0 Å². The Labute approximate surface area is 128 Å². The number of piperazine rings is 1. The molecule has 1 saturated heterocycles. The molecule has 1 aliphatic heterocycles. The van der Waals surface area contributed by atoms with Crippen molar-refractivity contribution in [2.24, 2.45) is 0 Å². The van der Waals surface area contributed by atoms with E-state index in [1.807, 2.05) is 6.07 Å². The van der Waals surface area contributed by atoms with Gasteiger partial charge in [0.1, 0.15) is 5.75 Å². The zero-order chi connectivity index (χ0) is 12.1. The van der Waals surface area contributed by atoms with Gasteiger partial charge in [-0.3, -0.25) is 4.90 Å². The van der Waals surface area contributed by atoms with Gasteiger partial charge in [0.25, 0.3) is 0 Å². The minimum atomic E-state index is 0. The second-order valence-electron chi connectivity index (χ2n) is 4.49. The summed E-state index contributed by atoms with van der Waals surface area (Å²) in [6, 6.07) is 8.98. The van der Waals surface area contributed by atoms with Gasteiger partial charge in [0, 0.05) is 32.2 Å². The largest absolute Gasteiger partial charge is 0.497 e. The van der Waals surface area contributed by atoms with Crippen LogP contribution in [0, 0.1) is 0 Å². The lowest BCUT2D eigenvalue weighted by Crippen LogP contribution is -2.45. The molecule has 1 heterocycles. The standard InChI is InChI=1S/C14H22N2O.2ClH/c1-3-14(16-9-7-15-8-10-16)12-5-4-6-13(11-12)17-2;;/h4-6,11,14-15H,3,7-10H2,1-2H3;2*1H/t14-;;/m0../s1. The van der Waals surface area contributed by atoms with Crippen molar-refractivity contribution in [1.29, 1.82) is 0 Å². The second-order valence-corrected chi connectivity index (χ2v) is 4.49. The van der Waals surface area contributed by atoms with Crippen LogP contribution in [0.3, 0.4) is 0 Å². The second kappa shape index (κ2) is 9.43. The van der Waals surface area contributed by atoms with Crippen molar-refractivity contribution < 1.29 is 4.74 Å². The molecule has 0 amide bonds. The van der Waals surface area contributed by atoms with Crippen LogP contribution < -0.4 is 10.1 Å². The summed E-state index contributed by atoms with van der Waals surface area (Å²) in [6.07, 6.45) is 1.15. The molecule has 5 heteroatoms. The van der Waals surface area contributed by atoms with Crippen molar-refractivity contribution in [1.82, 2.24) is 10.2 Å². The molecule has 0 aliphatic carbocycles. The highest BCUT2D eigenvalue weighted by Crippen LogP contribution is 2.27. The lowest BCUT2D eigenvalue weighted by atomic mass is 10.0. The molecule has 1 N–H and O–H groups in total. The normalized spacial score (nSPS) is 16.9. The molecule has 2 rings (SSSR count). The van der Waals surface area contributed by atoms with Crippen LogP contribution >= 0.6 is 24.8 Å². The van der Waals surface area contributed by atoms with E-state index in [4.69, 9.17) is 4.74 Å². The summed E-state index contributed by atoms with van der Waals surface area (Å²) in [5, 5.41) is 3.40. The van der Waals surface area contributed by atoms with Gasteiger partial charge in [-0.2, -0.15) is 0 Å². The quantitative estimate of drug-likeness (QED) is 0.926. The SMILES string of the molecule is CC[C@@H](c1cccc(OC)c1)N1CCNCC1.Cl.Cl. The summed E-state index contributed by atoms with van der Waals surface area (Å²) < 4.78 is 5.31. The molecule has 0 unspecified atom stereocenters. The summed E-state index contributed by atoms with van der Waals surface area (Å²) in [5.74, 6) is 0.955. The third-order valence-corrected chi connectivity index (χ3v) is 3.46. The number of halogens is 2. The number of benzene rings is 1. The van der Waals surface area contributed by atoms with Gasteiger partial charge in [-0.15, -0.1) is 24.8 Å². The predicted molar refractivity (Wildman–Crippen MR) is 85.0 cm³/mol. The van der Waals surface area contributed by atoms with E-state index in [9.17, 15) is 0 Å². The van der Waals surface area contributed by atoms with Crippen molar-refractivity contribution in [2.75, 3.05) is 33.3 Å². The van der Waals surface area contributed by atoms with E-state index >= 15 is 0 Å². The smallest absolute Gasteiger partial charge is 0.119 e. The Kier molecular flexibility index (Phi) is 9.19. The van der Waals surface area contributed by atoms with Gasteiger partial charge in [0.15, 0.2) is 0 Å². The van der Waals surface area contributed by atoms with Crippen LogP contribution in [-0.2, 0) is 0 Å². The van der Waals surface area contributed by atoms with Crippen molar-refractivity contribution in [3.8, 4) is 5.75 Å². The van der Waals surface area contributed by atoms with Gasteiger partial charge in [0.2, 0.25) is 0 Å². The number of hydrogen-bond acceptors (Lipinski definition) is 3. The minimum Gasteiger partial charge on any atom is -0.497 e. The first-order chi connectivity index (χ1) is 8.35. The highest BCUT2D eigenvalue weighted by Gasteiger charge is 2.20. The lowest BCUT2D eigenvalue weighted by Gasteiger charge is -2.34. The molecular formula is C14H24Cl2N2O. The van der Waals surface area contributed by atoms with Gasteiger partial charge < -0.3 is 10.1 Å². The summed E-state index contributed by atoms with van der Waals surface area (Å²) in [7, 11) is 1.73. The summed E-state index contributed by atoms with van der Waals surface area (Å²) >= 11 is 0. The first-order valence-electron chi connectivity index (χ1n) is 6.44. The Morgan fingerprint density at radius 2 is 1.95 bits per heavy atom. The van der Waals surface area contributed by atoms with E-state index in [1.54, 1.807) is 7.11 Å². The molecule has 3 nitrogen and oxygen atoms in total. The summed E-state index contributed by atoms with van der Waals surface area (Å²) in [4.78, 5) is 2.56. The Bertz CT molecular complexity index is 357. The number of rotatable bonds is 4. The van der Waals surface area contributed by atoms with Crippen molar-refractivity contribution in [2.45, 2.75) is 19.4 Å². The Hall–Kier alpha value is -0.480. The minimum absolute atomic E-state index is 0. The fourth-order valence-corrected chi connectivity index (χ4v) is 2.55. The average Bonchev–Trinajstić information content (AvgIpc) is 2.41. The fraction of sp³-hybridized carbons (Fsp3) is 0.571. The van der Waals surface area contributed by atoms with E-state index in [1.165, 1.54) is 5.56 Å². The third kappa shape index (κ3) is 4.84. The molecule has 0 radical (unpaired) electrons. The highest BCUT2D eigenvalue weighted by molar-refractivity contribution is 5.85. The van der Waals surface area contributed by atoms with Gasteiger partial charge in [0.05, 0.1) is 7.11 Å². The molecule has 1 aromatic rings. The first-order valence-corrected chi connectivity index (χ1v) is 6.44. The van der Waals surface area contributed by atoms with Crippen LogP contribution in [0.5, 0.6) is 5.75 Å². The van der Waals surface area contributed by atoms with Crippen LogP contribution in [0.15, 0.2) is 24.3 Å². The summed E-state index contributed by atoms with van der Waals surface area (Å²) in [6.45, 7) is 6.72. The van der Waals surface area contributed by atoms with Crippen molar-refractivity contribution in [3.05, 3.63) is 29.8 Å². The molecule has 110 valence electrons. The molecule has 1 atom stereocenters. The van der Waals surface area contributed by atoms with E-state index in [2.05, 4.69) is 35.3 Å². The van der Waals surface area contributed by atoms with E-state index in [0.29, 0.717) is 6.04 Å². The third-order valence-electron chi connectivity index (χ3n) is 3.46. The number of methoxy groups -OCH3 is 1. The van der Waals surface area contributed by atoms with Crippen LogP contribution in [0.4, 0.5) is 0 Å². The van der Waals surface area contributed by atoms with Crippen molar-refractivity contribution >= 4 is 24.8 Å². The van der Waals surface area contributed by atoms with Crippen LogP contribution in [0.25, 0.3) is 0 Å². The summed E-state index contributed by atoms with van der Waals surface area (Å²) in [5.41, 5.74) is 1.37. The molecule has 1 aromatic carbocycles. The average molecular weight is 307 g/mol. The van der Waals surface area contributed by atoms with E-state index in [-0.39, 0.29) is 24.8 Å². The zero-order valence-electron chi connectivity index (χ0n) is 11.6. The van der Waals surface area contributed by atoms with Gasteiger partial charge in [-0.25, -0.2) is 0 Å². The Morgan fingerprint density at radius 3 is 2.53 bits per heavy atom. The van der Waals surface area contributed by atoms with E-state index < -0.39 is 0 Å². The maximum atomic E-state index is 5.31. The Balaban J connectivity index is 0.00000162. The number of hydrogen-bond donors (Lipinski definition) is 1. The predicted octanol–water partition coefficient (Wildman–Crippen LogP) is 2.90. The molecule has 0 aromatic heterocycles. The van der Waals surface area contributed by atoms with Crippen LogP contribution in [0.1, 0.15) is 24.9 Å². The highest BCUT2D eigenvalue weighted by atomic mass is 35.5. The van der Waals surface area contributed by atoms with Gasteiger partial charge in [-0.05, 0) is 24.1 Å². The number of nitrogens with zero attached hydrogens (tertiary/aromatic N) is 1. The fourth-order valence-electron chi connectivity index (χ4n) is 2.55. The van der Waals surface area contributed by atoms with Crippen molar-refractivity contribution in [3.63, 3.8) is 0 Å². The lowest BCUT2D eigenvalue weighted by molar-refractivity contribution is 0.169. The molecule has 0 spiro atoms. The topological polar surface area (TPSA) is 24.5 Å². The monoisotopic (exact) mass is 306 g/mol. The molecule has 0 saturated carbocycles. The van der Waals surface area contributed by atoms with Crippen LogP contribution in [-0.4, -0.2) is 38.2 Å². The number of ether oxygens (including phenoxy) is 1. The molecular weight excluding hydrogens is 283 g/mol. The van der Waals surface area contributed by atoms with Crippen LogP contribution in [0.2, 0.25) is 0 Å². The Morgan fingerprint density at radius 1 is 1.26 bits per heavy atom. The molecule has 19 heavy (non-hydrogen) atoms. The maximum Gasteiger partial charge on any atom is 0.119 e. The molecule has 1 fully saturated rings. The number of nitrogens with one attached hydrogen (secondary N) is 1. The maximum absolute atomic E-state index is 5.31. The molecule has 0 bridgehead atoms.